The number of benzene rings is 2. The molecule has 0 radical (unpaired) electrons. The van der Waals surface area contributed by atoms with Crippen LogP contribution < -0.4 is 14.8 Å². The molecule has 1 aliphatic heterocycles. The van der Waals surface area contributed by atoms with Crippen LogP contribution in [0.5, 0.6) is 11.5 Å². The molecule has 0 saturated carbocycles. The molecular formula is C25H34N2O5S. The van der Waals surface area contributed by atoms with E-state index in [1.807, 2.05) is 25.1 Å². The summed E-state index contributed by atoms with van der Waals surface area (Å²) >= 11 is 0. The number of carbonyl (C=O) groups is 1. The zero-order valence-corrected chi connectivity index (χ0v) is 20.5. The van der Waals surface area contributed by atoms with Gasteiger partial charge in [-0.15, -0.1) is 0 Å². The van der Waals surface area contributed by atoms with E-state index in [2.05, 4.69) is 5.32 Å². The minimum absolute atomic E-state index is 0.0892. The van der Waals surface area contributed by atoms with Crippen molar-refractivity contribution in [2.24, 2.45) is 0 Å². The number of nitrogens with zero attached hydrogens (tertiary/aromatic N) is 1. The van der Waals surface area contributed by atoms with Crippen molar-refractivity contribution in [1.82, 2.24) is 9.62 Å². The van der Waals surface area contributed by atoms with Crippen LogP contribution in [0.3, 0.4) is 0 Å². The Balaban J connectivity index is 1.57. The lowest BCUT2D eigenvalue weighted by molar-refractivity contribution is -0.121. The van der Waals surface area contributed by atoms with Crippen LogP contribution in [-0.2, 0) is 21.2 Å². The predicted octanol–water partition coefficient (Wildman–Crippen LogP) is 4.08. The van der Waals surface area contributed by atoms with Crippen molar-refractivity contribution < 1.29 is 22.7 Å². The molecule has 1 N–H and O–H groups in total. The van der Waals surface area contributed by atoms with Gasteiger partial charge in [0, 0.05) is 25.1 Å². The van der Waals surface area contributed by atoms with Crippen molar-refractivity contribution >= 4 is 15.9 Å². The summed E-state index contributed by atoms with van der Waals surface area (Å²) in [7, 11) is -0.270. The number of carbonyl (C=O) groups excluding carboxylic acids is 1. The van der Waals surface area contributed by atoms with Gasteiger partial charge in [-0.3, -0.25) is 4.79 Å². The van der Waals surface area contributed by atoms with E-state index < -0.39 is 10.0 Å². The molecule has 0 aliphatic carbocycles. The van der Waals surface area contributed by atoms with Gasteiger partial charge in [0.2, 0.25) is 15.9 Å². The first-order chi connectivity index (χ1) is 15.8. The van der Waals surface area contributed by atoms with Crippen molar-refractivity contribution in [1.29, 1.82) is 0 Å². The second-order valence-corrected chi connectivity index (χ2v) is 10.3. The third kappa shape index (κ3) is 6.48. The first kappa shape index (κ1) is 25.1. The summed E-state index contributed by atoms with van der Waals surface area (Å²) in [4.78, 5) is 12.8. The third-order valence-corrected chi connectivity index (χ3v) is 7.96. The standard InChI is InChI=1S/C25H34N2O5S/c1-19(23-18-21(31-2)11-14-24(23)32-3)26-25(28)15-10-20-8-12-22(13-9-20)33(29,30)27-16-6-4-5-7-17-27/h8-9,11-14,18-19H,4-7,10,15-17H2,1-3H3,(H,26,28)/t19-/m0/s1. The molecule has 1 aliphatic rings. The average molecular weight is 475 g/mol. The molecule has 1 fully saturated rings. The van der Waals surface area contributed by atoms with Gasteiger partial charge in [-0.2, -0.15) is 4.31 Å². The Labute approximate surface area is 197 Å². The molecule has 0 unspecified atom stereocenters. The number of rotatable bonds is 9. The van der Waals surface area contributed by atoms with Crippen LogP contribution in [0.25, 0.3) is 0 Å². The molecule has 3 rings (SSSR count). The Kier molecular flexibility index (Phi) is 8.74. The highest BCUT2D eigenvalue weighted by Crippen LogP contribution is 2.29. The highest BCUT2D eigenvalue weighted by Gasteiger charge is 2.25. The highest BCUT2D eigenvalue weighted by molar-refractivity contribution is 7.89. The Bertz CT molecular complexity index is 1030. The molecule has 2 aromatic carbocycles. The van der Waals surface area contributed by atoms with E-state index in [0.717, 1.165) is 36.8 Å². The Hall–Kier alpha value is -2.58. The molecule has 1 atom stereocenters. The van der Waals surface area contributed by atoms with Crippen molar-refractivity contribution in [2.45, 2.75) is 56.4 Å². The van der Waals surface area contributed by atoms with Crippen molar-refractivity contribution in [3.8, 4) is 11.5 Å². The van der Waals surface area contributed by atoms with Gasteiger partial charge in [0.1, 0.15) is 11.5 Å². The Morgan fingerprint density at radius 2 is 1.67 bits per heavy atom. The van der Waals surface area contributed by atoms with Gasteiger partial charge in [-0.05, 0) is 62.1 Å². The lowest BCUT2D eigenvalue weighted by atomic mass is 10.1. The van der Waals surface area contributed by atoms with Crippen LogP contribution in [0.2, 0.25) is 0 Å². The van der Waals surface area contributed by atoms with Gasteiger partial charge < -0.3 is 14.8 Å². The van der Waals surface area contributed by atoms with E-state index in [1.54, 1.807) is 42.8 Å². The molecule has 1 saturated heterocycles. The fraction of sp³-hybridized carbons (Fsp3) is 0.480. The summed E-state index contributed by atoms with van der Waals surface area (Å²) in [6.45, 7) is 3.07. The average Bonchev–Trinajstić information content (AvgIpc) is 3.13. The van der Waals surface area contributed by atoms with Crippen molar-refractivity contribution in [3.63, 3.8) is 0 Å². The normalized spacial score (nSPS) is 16.0. The first-order valence-corrected chi connectivity index (χ1v) is 12.9. The number of sulfonamides is 1. The van der Waals surface area contributed by atoms with E-state index in [9.17, 15) is 13.2 Å². The highest BCUT2D eigenvalue weighted by atomic mass is 32.2. The maximum absolute atomic E-state index is 12.9. The SMILES string of the molecule is COc1ccc(OC)c([C@H](C)NC(=O)CCc2ccc(S(=O)(=O)N3CCCCCC3)cc2)c1. The molecule has 0 bridgehead atoms. The summed E-state index contributed by atoms with van der Waals surface area (Å²) in [5.41, 5.74) is 1.76. The minimum Gasteiger partial charge on any atom is -0.497 e. The largest absolute Gasteiger partial charge is 0.497 e. The zero-order chi connectivity index (χ0) is 23.8. The van der Waals surface area contributed by atoms with Gasteiger partial charge in [-0.1, -0.05) is 25.0 Å². The second kappa shape index (κ2) is 11.5. The molecule has 7 nitrogen and oxygen atoms in total. The number of methoxy groups -OCH3 is 2. The number of hydrogen-bond acceptors (Lipinski definition) is 5. The monoisotopic (exact) mass is 474 g/mol. The fourth-order valence-corrected chi connectivity index (χ4v) is 5.60. The van der Waals surface area contributed by atoms with Gasteiger partial charge in [0.25, 0.3) is 0 Å². The lowest BCUT2D eigenvalue weighted by Crippen LogP contribution is -2.31. The molecule has 1 heterocycles. The predicted molar refractivity (Wildman–Crippen MR) is 128 cm³/mol. The van der Waals surface area contributed by atoms with Crippen LogP contribution in [0.15, 0.2) is 47.4 Å². The smallest absolute Gasteiger partial charge is 0.243 e. The van der Waals surface area contributed by atoms with Crippen LogP contribution >= 0.6 is 0 Å². The summed E-state index contributed by atoms with van der Waals surface area (Å²) in [6.07, 6.45) is 4.80. The van der Waals surface area contributed by atoms with Gasteiger partial charge >= 0.3 is 0 Å². The minimum atomic E-state index is -3.46. The lowest BCUT2D eigenvalue weighted by Gasteiger charge is -2.20. The van der Waals surface area contributed by atoms with E-state index in [4.69, 9.17) is 9.47 Å². The van der Waals surface area contributed by atoms with Gasteiger partial charge in [0.05, 0.1) is 25.2 Å². The van der Waals surface area contributed by atoms with E-state index in [1.165, 1.54) is 0 Å². The van der Waals surface area contributed by atoms with E-state index in [0.29, 0.717) is 42.3 Å². The molecule has 2 aromatic rings. The zero-order valence-electron chi connectivity index (χ0n) is 19.7. The van der Waals surface area contributed by atoms with Crippen LogP contribution in [-0.4, -0.2) is 45.9 Å². The van der Waals surface area contributed by atoms with E-state index in [-0.39, 0.29) is 11.9 Å². The third-order valence-electron chi connectivity index (χ3n) is 6.05. The first-order valence-electron chi connectivity index (χ1n) is 11.5. The molecule has 1 amide bonds. The molecule has 180 valence electrons. The molecular weight excluding hydrogens is 440 g/mol. The van der Waals surface area contributed by atoms with Gasteiger partial charge in [0.15, 0.2) is 0 Å². The second-order valence-electron chi connectivity index (χ2n) is 8.36. The number of aryl methyl sites for hydroxylation is 1. The molecule has 8 heteroatoms. The summed E-state index contributed by atoms with van der Waals surface area (Å²) in [5, 5.41) is 3.00. The number of nitrogens with one attached hydrogen (secondary N) is 1. The van der Waals surface area contributed by atoms with Crippen molar-refractivity contribution in [2.75, 3.05) is 27.3 Å². The maximum atomic E-state index is 12.9. The van der Waals surface area contributed by atoms with Crippen LogP contribution in [0, 0.1) is 0 Å². The molecule has 33 heavy (non-hydrogen) atoms. The topological polar surface area (TPSA) is 84.9 Å². The Morgan fingerprint density at radius 3 is 2.27 bits per heavy atom. The number of amides is 1. The number of ether oxygens (including phenoxy) is 2. The van der Waals surface area contributed by atoms with Crippen LogP contribution in [0.1, 0.15) is 56.2 Å². The summed E-state index contributed by atoms with van der Waals surface area (Å²) in [6, 6.07) is 12.1. The summed E-state index contributed by atoms with van der Waals surface area (Å²) in [5.74, 6) is 1.29. The fourth-order valence-electron chi connectivity index (χ4n) is 4.09. The summed E-state index contributed by atoms with van der Waals surface area (Å²) < 4.78 is 38.1. The van der Waals surface area contributed by atoms with Crippen LogP contribution in [0.4, 0.5) is 0 Å². The Morgan fingerprint density at radius 1 is 1.00 bits per heavy atom. The van der Waals surface area contributed by atoms with Crippen molar-refractivity contribution in [3.05, 3.63) is 53.6 Å². The quantitative estimate of drug-likeness (QED) is 0.592. The van der Waals surface area contributed by atoms with E-state index >= 15 is 0 Å². The molecule has 0 aromatic heterocycles. The van der Waals surface area contributed by atoms with Gasteiger partial charge in [-0.25, -0.2) is 8.42 Å². The number of hydrogen-bond donors (Lipinski definition) is 1. The maximum Gasteiger partial charge on any atom is 0.243 e. The molecule has 0 spiro atoms.